The van der Waals surface area contributed by atoms with Crippen LogP contribution in [0.15, 0.2) is 46.3 Å². The van der Waals surface area contributed by atoms with E-state index in [9.17, 15) is 4.79 Å². The largest absolute Gasteiger partial charge is 0.478 e. The van der Waals surface area contributed by atoms with Crippen LogP contribution in [0.25, 0.3) is 0 Å². The first-order valence-corrected chi connectivity index (χ1v) is 6.85. The molecule has 0 aliphatic heterocycles. The van der Waals surface area contributed by atoms with Gasteiger partial charge in [0.15, 0.2) is 0 Å². The maximum Gasteiger partial charge on any atom is 0.338 e. The van der Waals surface area contributed by atoms with Gasteiger partial charge in [-0.05, 0) is 39.7 Å². The smallest absolute Gasteiger partial charge is 0.338 e. The van der Waals surface area contributed by atoms with Crippen LogP contribution in [0.1, 0.15) is 15.9 Å². The Hall–Kier alpha value is -1.40. The topological polar surface area (TPSA) is 63.1 Å². The molecule has 0 saturated carbocycles. The minimum absolute atomic E-state index is 0.227. The standard InChI is InChI=1S/C12H9BrN2O2S/c13-9-4-8(5-14-6-9)7-18-11-10(12(16)17)2-1-3-15-11/h1-6H,7H2,(H,16,17). The van der Waals surface area contributed by atoms with Gasteiger partial charge in [0.1, 0.15) is 5.03 Å². The van der Waals surface area contributed by atoms with Crippen LogP contribution in [-0.2, 0) is 5.75 Å². The molecule has 2 aromatic rings. The van der Waals surface area contributed by atoms with Gasteiger partial charge in [-0.3, -0.25) is 4.98 Å². The number of carboxylic acids is 1. The summed E-state index contributed by atoms with van der Waals surface area (Å²) in [7, 11) is 0. The van der Waals surface area contributed by atoms with E-state index in [2.05, 4.69) is 25.9 Å². The molecule has 2 aromatic heterocycles. The van der Waals surface area contributed by atoms with Crippen LogP contribution in [0.3, 0.4) is 0 Å². The number of hydrogen-bond donors (Lipinski definition) is 1. The molecule has 0 unspecified atom stereocenters. The van der Waals surface area contributed by atoms with Gasteiger partial charge in [0.2, 0.25) is 0 Å². The van der Waals surface area contributed by atoms with E-state index in [1.807, 2.05) is 6.07 Å². The van der Waals surface area contributed by atoms with E-state index in [-0.39, 0.29) is 5.56 Å². The lowest BCUT2D eigenvalue weighted by Gasteiger charge is -2.04. The molecule has 0 aromatic carbocycles. The van der Waals surface area contributed by atoms with Crippen LogP contribution in [0.5, 0.6) is 0 Å². The number of halogens is 1. The van der Waals surface area contributed by atoms with E-state index >= 15 is 0 Å². The zero-order valence-corrected chi connectivity index (χ0v) is 11.6. The summed E-state index contributed by atoms with van der Waals surface area (Å²) < 4.78 is 0.903. The van der Waals surface area contributed by atoms with Crippen LogP contribution >= 0.6 is 27.7 Å². The second-order valence-corrected chi connectivity index (χ2v) is 5.34. The van der Waals surface area contributed by atoms with E-state index < -0.39 is 5.97 Å². The minimum Gasteiger partial charge on any atom is -0.478 e. The molecule has 0 aliphatic carbocycles. The van der Waals surface area contributed by atoms with Crippen LogP contribution in [0, 0.1) is 0 Å². The van der Waals surface area contributed by atoms with Crippen molar-refractivity contribution in [2.45, 2.75) is 10.8 Å². The van der Waals surface area contributed by atoms with E-state index in [0.717, 1.165) is 10.0 Å². The maximum atomic E-state index is 11.0. The Labute approximate surface area is 117 Å². The van der Waals surface area contributed by atoms with Gasteiger partial charge in [-0.2, -0.15) is 0 Å². The van der Waals surface area contributed by atoms with Crippen LogP contribution in [-0.4, -0.2) is 21.0 Å². The Kier molecular flexibility index (Phi) is 4.33. The first-order valence-electron chi connectivity index (χ1n) is 5.07. The molecule has 0 fully saturated rings. The maximum absolute atomic E-state index is 11.0. The number of aromatic carboxylic acids is 1. The van der Waals surface area contributed by atoms with Crippen molar-refractivity contribution in [3.05, 3.63) is 52.4 Å². The van der Waals surface area contributed by atoms with Gasteiger partial charge in [0.25, 0.3) is 0 Å². The number of carboxylic acid groups (broad SMARTS) is 1. The minimum atomic E-state index is -0.960. The summed E-state index contributed by atoms with van der Waals surface area (Å²) >= 11 is 4.73. The Morgan fingerprint density at radius 3 is 3.00 bits per heavy atom. The fourth-order valence-corrected chi connectivity index (χ4v) is 2.67. The second kappa shape index (κ2) is 5.97. The van der Waals surface area contributed by atoms with Crippen LogP contribution in [0.4, 0.5) is 0 Å². The number of pyridine rings is 2. The van der Waals surface area contributed by atoms with Gasteiger partial charge in [-0.1, -0.05) is 0 Å². The van der Waals surface area contributed by atoms with Crippen molar-refractivity contribution in [2.24, 2.45) is 0 Å². The lowest BCUT2D eigenvalue weighted by Crippen LogP contribution is -2.00. The average molecular weight is 325 g/mol. The molecule has 6 heteroatoms. The quantitative estimate of drug-likeness (QED) is 0.875. The van der Waals surface area contributed by atoms with E-state index in [0.29, 0.717) is 10.8 Å². The highest BCUT2D eigenvalue weighted by molar-refractivity contribution is 9.10. The summed E-state index contributed by atoms with van der Waals surface area (Å²) in [6.07, 6.45) is 5.05. The van der Waals surface area contributed by atoms with Gasteiger partial charge in [0.05, 0.1) is 5.56 Å². The Balaban J connectivity index is 2.13. The Bertz CT molecular complexity index is 578. The van der Waals surface area contributed by atoms with E-state index in [1.165, 1.54) is 11.8 Å². The first kappa shape index (κ1) is 13.0. The number of thioether (sulfide) groups is 1. The fraction of sp³-hybridized carbons (Fsp3) is 0.0833. The molecular weight excluding hydrogens is 316 g/mol. The van der Waals surface area contributed by atoms with Crippen molar-refractivity contribution in [1.29, 1.82) is 0 Å². The SMILES string of the molecule is O=C(O)c1cccnc1SCc1cncc(Br)c1. The molecule has 0 amide bonds. The molecule has 2 heterocycles. The molecule has 0 bridgehead atoms. The molecule has 0 aliphatic rings. The molecule has 2 rings (SSSR count). The van der Waals surface area contributed by atoms with Crippen LogP contribution in [0.2, 0.25) is 0 Å². The number of nitrogens with zero attached hydrogens (tertiary/aromatic N) is 2. The second-order valence-electron chi connectivity index (χ2n) is 3.46. The molecule has 18 heavy (non-hydrogen) atoms. The van der Waals surface area contributed by atoms with E-state index in [4.69, 9.17) is 5.11 Å². The molecular formula is C12H9BrN2O2S. The Morgan fingerprint density at radius 2 is 2.28 bits per heavy atom. The van der Waals surface area contributed by atoms with Gasteiger partial charge in [-0.15, -0.1) is 11.8 Å². The molecule has 4 nitrogen and oxygen atoms in total. The van der Waals surface area contributed by atoms with Crippen molar-refractivity contribution in [2.75, 3.05) is 0 Å². The summed E-state index contributed by atoms with van der Waals surface area (Å²) in [5.41, 5.74) is 1.24. The normalized spacial score (nSPS) is 10.3. The predicted octanol–water partition coefficient (Wildman–Crippen LogP) is 3.23. The van der Waals surface area contributed by atoms with Crippen molar-refractivity contribution >= 4 is 33.7 Å². The molecule has 0 saturated heterocycles. The summed E-state index contributed by atoms with van der Waals surface area (Å²) in [5, 5.41) is 9.55. The highest BCUT2D eigenvalue weighted by atomic mass is 79.9. The highest BCUT2D eigenvalue weighted by Gasteiger charge is 2.11. The van der Waals surface area contributed by atoms with Crippen LogP contribution < -0.4 is 0 Å². The summed E-state index contributed by atoms with van der Waals surface area (Å²) in [6.45, 7) is 0. The van der Waals surface area contributed by atoms with Gasteiger partial charge < -0.3 is 5.11 Å². The third-order valence-corrected chi connectivity index (χ3v) is 3.65. The van der Waals surface area contributed by atoms with Gasteiger partial charge in [-0.25, -0.2) is 9.78 Å². The zero-order valence-electron chi connectivity index (χ0n) is 9.21. The van der Waals surface area contributed by atoms with Crippen molar-refractivity contribution in [3.63, 3.8) is 0 Å². The first-order chi connectivity index (χ1) is 8.66. The number of hydrogen-bond acceptors (Lipinski definition) is 4. The molecule has 1 N–H and O–H groups in total. The van der Waals surface area contributed by atoms with Gasteiger partial charge >= 0.3 is 5.97 Å². The summed E-state index contributed by atoms with van der Waals surface area (Å²) in [5.74, 6) is -0.332. The number of rotatable bonds is 4. The van der Waals surface area contributed by atoms with E-state index in [1.54, 1.807) is 30.7 Å². The van der Waals surface area contributed by atoms with Crippen molar-refractivity contribution in [3.8, 4) is 0 Å². The van der Waals surface area contributed by atoms with Gasteiger partial charge in [0, 0.05) is 28.8 Å². The third-order valence-electron chi connectivity index (χ3n) is 2.14. The summed E-state index contributed by atoms with van der Waals surface area (Å²) in [4.78, 5) is 19.2. The highest BCUT2D eigenvalue weighted by Crippen LogP contribution is 2.24. The van der Waals surface area contributed by atoms with Crippen molar-refractivity contribution < 1.29 is 9.90 Å². The fourth-order valence-electron chi connectivity index (χ4n) is 1.36. The number of carbonyl (C=O) groups is 1. The summed E-state index contributed by atoms with van der Waals surface area (Å²) in [6, 6.07) is 5.12. The molecule has 0 radical (unpaired) electrons. The Morgan fingerprint density at radius 1 is 1.44 bits per heavy atom. The lowest BCUT2D eigenvalue weighted by molar-refractivity contribution is 0.0692. The molecule has 92 valence electrons. The average Bonchev–Trinajstić information content (AvgIpc) is 2.37. The molecule has 0 spiro atoms. The zero-order chi connectivity index (χ0) is 13.0. The monoisotopic (exact) mass is 324 g/mol. The third kappa shape index (κ3) is 3.30. The van der Waals surface area contributed by atoms with Crippen molar-refractivity contribution in [1.82, 2.24) is 9.97 Å². The molecule has 0 atom stereocenters. The number of aromatic nitrogens is 2. The lowest BCUT2D eigenvalue weighted by atomic mass is 10.3. The predicted molar refractivity (Wildman–Crippen MR) is 72.7 cm³/mol.